The molecule has 0 radical (unpaired) electrons. The van der Waals surface area contributed by atoms with Crippen LogP contribution in [0.2, 0.25) is 5.02 Å². The monoisotopic (exact) mass is 506 g/mol. The van der Waals surface area contributed by atoms with Crippen LogP contribution in [0.4, 0.5) is 13.2 Å². The fourth-order valence-electron chi connectivity index (χ4n) is 3.62. The van der Waals surface area contributed by atoms with Gasteiger partial charge in [0.15, 0.2) is 12.4 Å². The Morgan fingerprint density at radius 3 is 2.32 bits per heavy atom. The molecule has 0 amide bonds. The van der Waals surface area contributed by atoms with Crippen molar-refractivity contribution < 1.29 is 42.7 Å². The summed E-state index contributed by atoms with van der Waals surface area (Å²) in [5.74, 6) is -1.30. The van der Waals surface area contributed by atoms with Gasteiger partial charge in [-0.1, -0.05) is 43.6 Å². The van der Waals surface area contributed by atoms with E-state index >= 15 is 0 Å². The van der Waals surface area contributed by atoms with E-state index in [2.05, 4.69) is 0 Å². The van der Waals surface area contributed by atoms with Gasteiger partial charge in [0.1, 0.15) is 18.0 Å². The lowest BCUT2D eigenvalue weighted by atomic mass is 9.89. The zero-order chi connectivity index (χ0) is 25.5. The van der Waals surface area contributed by atoms with E-state index in [1.54, 1.807) is 30.3 Å². The van der Waals surface area contributed by atoms with Crippen molar-refractivity contribution in [1.82, 2.24) is 0 Å². The fraction of sp³-hybridized carbons (Fsp3) is 0.500. The summed E-state index contributed by atoms with van der Waals surface area (Å²) >= 11 is 6.35. The van der Waals surface area contributed by atoms with Crippen molar-refractivity contribution in [1.29, 1.82) is 0 Å². The average molecular weight is 507 g/mol. The summed E-state index contributed by atoms with van der Waals surface area (Å²) in [6.45, 7) is 2.13. The third kappa shape index (κ3) is 7.07. The van der Waals surface area contributed by atoms with Crippen molar-refractivity contribution in [2.75, 3.05) is 20.3 Å². The molecule has 1 aliphatic rings. The highest BCUT2D eigenvalue weighted by Crippen LogP contribution is 2.40. The second-order valence-electron chi connectivity index (χ2n) is 7.59. The molecule has 3 N–H and O–H groups in total. The minimum Gasteiger partial charge on any atom is -0.484 e. The molecule has 0 aliphatic carbocycles. The largest absolute Gasteiger partial charge is 0.484 e. The Labute approximate surface area is 201 Å². The van der Waals surface area contributed by atoms with Gasteiger partial charge in [-0.15, -0.1) is 0 Å². The predicted octanol–water partition coefficient (Wildman–Crippen LogP) is 4.20. The van der Waals surface area contributed by atoms with Crippen molar-refractivity contribution in [2.45, 2.75) is 57.0 Å². The summed E-state index contributed by atoms with van der Waals surface area (Å²) in [6.07, 6.45) is -7.59. The molecule has 1 saturated heterocycles. The maximum Gasteiger partial charge on any atom is 0.422 e. The number of methoxy groups -OCH3 is 1. The van der Waals surface area contributed by atoms with Gasteiger partial charge in [0, 0.05) is 24.1 Å². The topological polar surface area (TPSA) is 88.4 Å². The van der Waals surface area contributed by atoms with Crippen LogP contribution in [0.1, 0.15) is 37.0 Å². The summed E-state index contributed by atoms with van der Waals surface area (Å²) < 4.78 is 53.0. The van der Waals surface area contributed by atoms with Gasteiger partial charge in [-0.2, -0.15) is 13.2 Å². The van der Waals surface area contributed by atoms with Crippen LogP contribution in [-0.4, -0.2) is 60.1 Å². The molecule has 4 atom stereocenters. The Hall–Kier alpha value is -1.88. The summed E-state index contributed by atoms with van der Waals surface area (Å²) in [7, 11) is 1.40. The molecule has 2 aromatic rings. The molecule has 1 fully saturated rings. The zero-order valence-corrected chi connectivity index (χ0v) is 19.9. The van der Waals surface area contributed by atoms with Crippen molar-refractivity contribution in [2.24, 2.45) is 0 Å². The van der Waals surface area contributed by atoms with E-state index in [4.69, 9.17) is 25.8 Å². The molecule has 0 aromatic heterocycles. The average Bonchev–Trinajstić information content (AvgIpc) is 2.82. The second kappa shape index (κ2) is 12.2. The standard InChI is InChI=1S/C22H24ClF3O6.C2H6/c1-30-21(10-18(28)20(29)19(11-27)32-21)15-4-7-17(23)14(9-15)8-13-2-5-16(6-3-13)31-12-22(24,25)26;1-2/h2-7,9,18-20,27-29H,8,10-12H2,1H3;1-2H3/t18?,19?,20-,21+;/m0./s1. The molecule has 0 saturated carbocycles. The second-order valence-corrected chi connectivity index (χ2v) is 8.00. The first kappa shape index (κ1) is 28.4. The maximum absolute atomic E-state index is 12.3. The van der Waals surface area contributed by atoms with Crippen molar-refractivity contribution >= 4 is 11.6 Å². The first-order valence-corrected chi connectivity index (χ1v) is 11.2. The number of hydrogen-bond acceptors (Lipinski definition) is 6. The van der Waals surface area contributed by atoms with Gasteiger partial charge < -0.3 is 29.5 Å². The molecular weight excluding hydrogens is 477 g/mol. The smallest absolute Gasteiger partial charge is 0.422 e. The Balaban J connectivity index is 0.00000199. The number of hydrogen-bond donors (Lipinski definition) is 3. The predicted molar refractivity (Wildman–Crippen MR) is 121 cm³/mol. The van der Waals surface area contributed by atoms with Crippen LogP contribution in [0.25, 0.3) is 0 Å². The first-order valence-electron chi connectivity index (χ1n) is 10.8. The van der Waals surface area contributed by atoms with Gasteiger partial charge >= 0.3 is 6.18 Å². The summed E-state index contributed by atoms with van der Waals surface area (Å²) in [6, 6.07) is 11.2. The molecule has 1 aliphatic heterocycles. The van der Waals surface area contributed by atoms with Crippen LogP contribution < -0.4 is 4.74 Å². The van der Waals surface area contributed by atoms with Crippen LogP contribution in [0.5, 0.6) is 5.75 Å². The minimum atomic E-state index is -4.41. The van der Waals surface area contributed by atoms with Gasteiger partial charge in [0.05, 0.1) is 12.7 Å². The molecule has 10 heteroatoms. The van der Waals surface area contributed by atoms with Crippen molar-refractivity contribution in [3.05, 3.63) is 64.2 Å². The normalized spacial score (nSPS) is 24.8. The highest BCUT2D eigenvalue weighted by molar-refractivity contribution is 6.31. The van der Waals surface area contributed by atoms with E-state index in [0.717, 1.165) is 5.56 Å². The zero-order valence-electron chi connectivity index (χ0n) is 19.2. The van der Waals surface area contributed by atoms with E-state index in [9.17, 15) is 28.5 Å². The van der Waals surface area contributed by atoms with Gasteiger partial charge in [-0.25, -0.2) is 0 Å². The number of aliphatic hydroxyl groups is 3. The van der Waals surface area contributed by atoms with Crippen LogP contribution >= 0.6 is 11.6 Å². The van der Waals surface area contributed by atoms with Crippen LogP contribution in [0.3, 0.4) is 0 Å². The number of aliphatic hydroxyl groups excluding tert-OH is 3. The highest BCUT2D eigenvalue weighted by atomic mass is 35.5. The van der Waals surface area contributed by atoms with Gasteiger partial charge in [-0.3, -0.25) is 0 Å². The Morgan fingerprint density at radius 2 is 1.76 bits per heavy atom. The minimum absolute atomic E-state index is 0.0620. The summed E-state index contributed by atoms with van der Waals surface area (Å²) in [5, 5.41) is 30.2. The molecule has 2 aromatic carbocycles. The summed E-state index contributed by atoms with van der Waals surface area (Å²) in [4.78, 5) is 0. The van der Waals surface area contributed by atoms with Crippen molar-refractivity contribution in [3.63, 3.8) is 0 Å². The first-order chi connectivity index (χ1) is 16.1. The number of halogens is 4. The van der Waals surface area contributed by atoms with Gasteiger partial charge in [0.2, 0.25) is 0 Å². The number of rotatable bonds is 7. The number of ether oxygens (including phenoxy) is 3. The molecule has 34 heavy (non-hydrogen) atoms. The lowest BCUT2D eigenvalue weighted by molar-refractivity contribution is -0.323. The highest BCUT2D eigenvalue weighted by Gasteiger charge is 2.47. The van der Waals surface area contributed by atoms with Crippen LogP contribution in [0.15, 0.2) is 42.5 Å². The molecular formula is C24H30ClF3O6. The van der Waals surface area contributed by atoms with Gasteiger partial charge in [-0.05, 0) is 41.8 Å². The van der Waals surface area contributed by atoms with E-state index in [0.29, 0.717) is 22.6 Å². The van der Waals surface area contributed by atoms with E-state index < -0.39 is 43.5 Å². The fourth-order valence-corrected chi connectivity index (χ4v) is 3.81. The lowest BCUT2D eigenvalue weighted by Gasteiger charge is -2.44. The van der Waals surface area contributed by atoms with E-state index in [1.807, 2.05) is 13.8 Å². The number of benzene rings is 2. The van der Waals surface area contributed by atoms with Crippen molar-refractivity contribution in [3.8, 4) is 5.75 Å². The molecule has 190 valence electrons. The molecule has 3 rings (SSSR count). The van der Waals surface area contributed by atoms with Crippen LogP contribution in [0, 0.1) is 0 Å². The maximum atomic E-state index is 12.3. The Kier molecular flexibility index (Phi) is 10.2. The SMILES string of the molecule is CC.CO[C@]1(c2ccc(Cl)c(Cc3ccc(OCC(F)(F)F)cc3)c2)CC(O)[C@H](O)C(CO)O1. The van der Waals surface area contributed by atoms with E-state index in [1.165, 1.54) is 19.2 Å². The third-order valence-corrected chi connectivity index (χ3v) is 5.68. The molecule has 1 heterocycles. The quantitative estimate of drug-likeness (QED) is 0.521. The summed E-state index contributed by atoms with van der Waals surface area (Å²) in [5.41, 5.74) is 2.01. The molecule has 0 spiro atoms. The van der Waals surface area contributed by atoms with Crippen LogP contribution in [-0.2, 0) is 21.7 Å². The molecule has 2 unspecified atom stereocenters. The Morgan fingerprint density at radius 1 is 1.12 bits per heavy atom. The van der Waals surface area contributed by atoms with E-state index in [-0.39, 0.29) is 12.2 Å². The Bertz CT molecular complexity index is 909. The third-order valence-electron chi connectivity index (χ3n) is 5.31. The molecule has 6 nitrogen and oxygen atoms in total. The lowest BCUT2D eigenvalue weighted by Crippen LogP contribution is -2.55. The number of alkyl halides is 3. The molecule has 0 bridgehead atoms. The van der Waals surface area contributed by atoms with Gasteiger partial charge in [0.25, 0.3) is 0 Å².